The maximum atomic E-state index is 5.74. The van der Waals surface area contributed by atoms with Crippen LogP contribution in [0.25, 0.3) is 0 Å². The van der Waals surface area contributed by atoms with Crippen LogP contribution in [0.2, 0.25) is 8.62 Å². The summed E-state index contributed by atoms with van der Waals surface area (Å²) in [5.41, 5.74) is 0. The topological polar surface area (TPSA) is 0 Å². The number of allylic oxidation sites excluding steroid dienone is 8. The Balaban J connectivity index is 0.000000160. The van der Waals surface area contributed by atoms with E-state index in [-0.39, 0.29) is 0 Å². The molecule has 2 rings (SSSR count). The van der Waals surface area contributed by atoms with E-state index in [2.05, 4.69) is 24.3 Å². The quantitative estimate of drug-likeness (QED) is 0.367. The molecule has 2 aliphatic rings. The van der Waals surface area contributed by atoms with Gasteiger partial charge in [-0.2, -0.15) is 0 Å². The van der Waals surface area contributed by atoms with Crippen molar-refractivity contribution >= 4 is 37.7 Å². The van der Waals surface area contributed by atoms with Gasteiger partial charge in [0.05, 0.1) is 0 Å². The fourth-order valence-electron chi connectivity index (χ4n) is 1.06. The van der Waals surface area contributed by atoms with Crippen molar-refractivity contribution < 1.29 is 30.5 Å². The number of hydrogen-bond donors (Lipinski definition) is 0. The van der Waals surface area contributed by atoms with Crippen molar-refractivity contribution in [1.29, 1.82) is 0 Å². The van der Waals surface area contributed by atoms with E-state index < -0.39 is 30.5 Å². The van der Waals surface area contributed by atoms with Crippen molar-refractivity contribution in [3.63, 3.8) is 0 Å². The Morgan fingerprint density at radius 2 is 0.812 bits per heavy atom. The number of hydrogen-bond acceptors (Lipinski definition) is 0. The zero-order chi connectivity index (χ0) is 12.0. The Bertz CT molecular complexity index is 265. The van der Waals surface area contributed by atoms with E-state index in [4.69, 9.17) is 37.7 Å². The zero-order valence-electron chi connectivity index (χ0n) is 8.10. The van der Waals surface area contributed by atoms with E-state index >= 15 is 0 Å². The van der Waals surface area contributed by atoms with Crippen LogP contribution < -0.4 is 0 Å². The molecular weight excluding hydrogens is 630 g/mol. The first kappa shape index (κ1) is 15.6. The normalized spacial score (nSPS) is 18.9. The summed E-state index contributed by atoms with van der Waals surface area (Å²) in [5, 5.41) is 0. The van der Waals surface area contributed by atoms with Gasteiger partial charge in [0, 0.05) is 0 Å². The summed E-state index contributed by atoms with van der Waals surface area (Å²) in [5.74, 6) is 0. The summed E-state index contributed by atoms with van der Waals surface area (Å²) < 4.78 is 0.858. The van der Waals surface area contributed by atoms with Crippen molar-refractivity contribution in [1.82, 2.24) is 0 Å². The van der Waals surface area contributed by atoms with E-state index in [1.165, 1.54) is 0 Å². The molecule has 0 saturated carbocycles. The molecule has 2 aliphatic carbocycles. The second-order valence-corrected chi connectivity index (χ2v) is 23.7. The molecule has 90 valence electrons. The van der Waals surface area contributed by atoms with Gasteiger partial charge in [0.2, 0.25) is 0 Å². The van der Waals surface area contributed by atoms with E-state index in [0.29, 0.717) is 8.62 Å². The van der Waals surface area contributed by atoms with Crippen LogP contribution in [0.3, 0.4) is 0 Å². The van der Waals surface area contributed by atoms with Gasteiger partial charge in [-0.15, -0.1) is 0 Å². The average Bonchev–Trinajstić information content (AvgIpc) is 2.93. The molecule has 0 radical (unpaired) electrons. The average molecular weight is 640 g/mol. The van der Waals surface area contributed by atoms with Crippen LogP contribution in [0.4, 0.5) is 0 Å². The molecule has 0 aromatic carbocycles. The van der Waals surface area contributed by atoms with Gasteiger partial charge in [-0.05, 0) is 0 Å². The monoisotopic (exact) mass is 638 g/mol. The van der Waals surface area contributed by atoms with Gasteiger partial charge >= 0.3 is 125 Å². The molecule has 0 aromatic rings. The second-order valence-electron chi connectivity index (χ2n) is 2.94. The predicted molar refractivity (Wildman–Crippen MR) is 67.5 cm³/mol. The third-order valence-electron chi connectivity index (χ3n) is 1.84. The number of rotatable bonds is 2. The standard InChI is InChI=1S/2C5H5.4ClH.2W/c2*1-2-4-5-3-1;;;;;;/h2*1-5H;4*1H;;/q;;;;;;2*+2/p-4. The summed E-state index contributed by atoms with van der Waals surface area (Å²) in [4.78, 5) is 0. The molecule has 0 spiro atoms. The van der Waals surface area contributed by atoms with Crippen molar-refractivity contribution in [2.75, 3.05) is 0 Å². The Hall–Kier alpha value is 1.50. The Morgan fingerprint density at radius 3 is 0.938 bits per heavy atom. The van der Waals surface area contributed by atoms with E-state index in [1.807, 2.05) is 24.3 Å². The van der Waals surface area contributed by atoms with Crippen LogP contribution in [0, 0.1) is 0 Å². The van der Waals surface area contributed by atoms with Gasteiger partial charge in [-0.25, -0.2) is 0 Å². The Labute approximate surface area is 124 Å². The Morgan fingerprint density at radius 1 is 0.562 bits per heavy atom. The van der Waals surface area contributed by atoms with Crippen molar-refractivity contribution in [3.8, 4) is 0 Å². The van der Waals surface area contributed by atoms with E-state index in [9.17, 15) is 0 Å². The molecule has 0 aliphatic heterocycles. The Kier molecular flexibility index (Phi) is 8.33. The molecule has 0 N–H and O–H groups in total. The molecule has 0 heterocycles. The van der Waals surface area contributed by atoms with Crippen LogP contribution in [0.15, 0.2) is 48.6 Å². The summed E-state index contributed by atoms with van der Waals surface area (Å²) in [6, 6.07) is 0. The third-order valence-corrected chi connectivity index (χ3v) is 13.8. The van der Waals surface area contributed by atoms with Crippen molar-refractivity contribution in [2.45, 2.75) is 8.62 Å². The first-order chi connectivity index (χ1) is 7.61. The first-order valence-corrected chi connectivity index (χ1v) is 22.3. The fraction of sp³-hybridized carbons (Fsp3) is 0.200. The summed E-state index contributed by atoms with van der Waals surface area (Å²) in [6.45, 7) is 0. The molecule has 0 unspecified atom stereocenters. The fourth-order valence-corrected chi connectivity index (χ4v) is 7.96. The molecule has 0 amide bonds. The van der Waals surface area contributed by atoms with Crippen LogP contribution >= 0.6 is 37.7 Å². The minimum absolute atomic E-state index is 0.429. The summed E-state index contributed by atoms with van der Waals surface area (Å²) >= 11 is -3.84. The van der Waals surface area contributed by atoms with Gasteiger partial charge in [0.1, 0.15) is 0 Å². The third kappa shape index (κ3) is 5.90. The molecule has 0 nitrogen and oxygen atoms in total. The van der Waals surface area contributed by atoms with E-state index in [0.717, 1.165) is 0 Å². The van der Waals surface area contributed by atoms with Gasteiger partial charge < -0.3 is 0 Å². The number of halogens is 4. The van der Waals surface area contributed by atoms with Gasteiger partial charge in [0.25, 0.3) is 0 Å². The predicted octanol–water partition coefficient (Wildman–Crippen LogP) is 5.65. The first-order valence-electron chi connectivity index (χ1n) is 4.42. The second kappa shape index (κ2) is 8.57. The molecular formula is C10H10Cl4W2. The molecule has 6 heteroatoms. The summed E-state index contributed by atoms with van der Waals surface area (Å²) in [6.07, 6.45) is 16.2. The zero-order valence-corrected chi connectivity index (χ0v) is 17.0. The molecule has 0 aromatic heterocycles. The molecule has 16 heavy (non-hydrogen) atoms. The van der Waals surface area contributed by atoms with Crippen molar-refractivity contribution in [2.24, 2.45) is 0 Å². The summed E-state index contributed by atoms with van der Waals surface area (Å²) in [7, 11) is 23.0. The van der Waals surface area contributed by atoms with Gasteiger partial charge in [-0.3, -0.25) is 0 Å². The van der Waals surface area contributed by atoms with Crippen molar-refractivity contribution in [3.05, 3.63) is 48.6 Å². The SMILES string of the molecule is [Cl][W]([Cl])[CH]1C=CC=C1.[Cl][W]([Cl])[CH]1C=CC=C1. The van der Waals surface area contributed by atoms with Crippen LogP contribution in [0.1, 0.15) is 0 Å². The molecule has 0 atom stereocenters. The van der Waals surface area contributed by atoms with Gasteiger partial charge in [-0.1, -0.05) is 0 Å². The van der Waals surface area contributed by atoms with Crippen LogP contribution in [-0.4, -0.2) is 0 Å². The van der Waals surface area contributed by atoms with Crippen LogP contribution in [0.5, 0.6) is 0 Å². The molecule has 0 fully saturated rings. The minimum atomic E-state index is -1.92. The molecule has 0 bridgehead atoms. The van der Waals surface area contributed by atoms with Gasteiger partial charge in [0.15, 0.2) is 0 Å². The maximum absolute atomic E-state index is 5.74. The van der Waals surface area contributed by atoms with E-state index in [1.54, 1.807) is 0 Å². The van der Waals surface area contributed by atoms with Crippen LogP contribution in [-0.2, 0) is 30.5 Å². The molecule has 0 saturated heterocycles.